The molecule has 2 N–H and O–H groups in total. The van der Waals surface area contributed by atoms with Crippen molar-refractivity contribution in [2.45, 2.75) is 31.7 Å². The van der Waals surface area contributed by atoms with E-state index < -0.39 is 5.97 Å². The number of aromatic nitrogens is 1. The number of aliphatic carboxylic acids is 1. The first-order valence-corrected chi connectivity index (χ1v) is 7.55. The second-order valence-electron chi connectivity index (χ2n) is 5.56. The standard InChI is InChI=1S/C16H17ClN2O2/c17-12-5-1-10-4-8-15(19-14(10)9-12)18-13-6-2-11(3-7-13)16(20)21/h1,4-5,8-9,11,13H,2-3,6-7H2,(H,18,19)(H,20,21). The lowest BCUT2D eigenvalue weighted by molar-refractivity contribution is -0.142. The minimum Gasteiger partial charge on any atom is -0.481 e. The quantitative estimate of drug-likeness (QED) is 0.901. The smallest absolute Gasteiger partial charge is 0.306 e. The molecule has 1 heterocycles. The van der Waals surface area contributed by atoms with Crippen molar-refractivity contribution in [2.75, 3.05) is 5.32 Å². The number of carboxylic acids is 1. The molecule has 0 atom stereocenters. The van der Waals surface area contributed by atoms with Crippen molar-refractivity contribution in [2.24, 2.45) is 5.92 Å². The van der Waals surface area contributed by atoms with Crippen LogP contribution >= 0.6 is 11.6 Å². The number of benzene rings is 1. The number of hydrogen-bond donors (Lipinski definition) is 2. The highest BCUT2D eigenvalue weighted by molar-refractivity contribution is 6.31. The minimum atomic E-state index is -0.674. The predicted octanol–water partition coefficient (Wildman–Crippen LogP) is 3.94. The average molecular weight is 305 g/mol. The van der Waals surface area contributed by atoms with Crippen molar-refractivity contribution < 1.29 is 9.90 Å². The maximum atomic E-state index is 11.0. The van der Waals surface area contributed by atoms with Crippen LogP contribution in [0.15, 0.2) is 30.3 Å². The van der Waals surface area contributed by atoms with Crippen LogP contribution in [0.25, 0.3) is 10.9 Å². The summed E-state index contributed by atoms with van der Waals surface area (Å²) in [4.78, 5) is 15.5. The molecular weight excluding hydrogens is 288 g/mol. The zero-order valence-corrected chi connectivity index (χ0v) is 12.3. The van der Waals surface area contributed by atoms with Gasteiger partial charge in [-0.05, 0) is 49.9 Å². The van der Waals surface area contributed by atoms with Gasteiger partial charge in [-0.3, -0.25) is 4.79 Å². The highest BCUT2D eigenvalue weighted by Crippen LogP contribution is 2.27. The molecule has 1 aromatic carbocycles. The number of fused-ring (bicyclic) bond motifs is 1. The number of carboxylic acid groups (broad SMARTS) is 1. The molecule has 110 valence electrons. The minimum absolute atomic E-state index is 0.189. The summed E-state index contributed by atoms with van der Waals surface area (Å²) < 4.78 is 0. The van der Waals surface area contributed by atoms with Gasteiger partial charge in [-0.1, -0.05) is 17.7 Å². The van der Waals surface area contributed by atoms with E-state index >= 15 is 0 Å². The molecule has 2 aromatic rings. The summed E-state index contributed by atoms with van der Waals surface area (Å²) in [7, 11) is 0. The van der Waals surface area contributed by atoms with Gasteiger partial charge in [0.05, 0.1) is 11.4 Å². The van der Waals surface area contributed by atoms with Gasteiger partial charge in [0.15, 0.2) is 0 Å². The molecule has 5 heteroatoms. The predicted molar refractivity (Wildman–Crippen MR) is 83.8 cm³/mol. The zero-order chi connectivity index (χ0) is 14.8. The summed E-state index contributed by atoms with van der Waals surface area (Å²) in [6.07, 6.45) is 3.19. The van der Waals surface area contributed by atoms with E-state index in [2.05, 4.69) is 10.3 Å². The van der Waals surface area contributed by atoms with Crippen LogP contribution in [0.5, 0.6) is 0 Å². The van der Waals surface area contributed by atoms with Crippen molar-refractivity contribution in [1.29, 1.82) is 0 Å². The normalized spacial score (nSPS) is 22.1. The van der Waals surface area contributed by atoms with Gasteiger partial charge >= 0.3 is 5.97 Å². The Labute approximate surface area is 128 Å². The van der Waals surface area contributed by atoms with Crippen LogP contribution in [0.2, 0.25) is 5.02 Å². The summed E-state index contributed by atoms with van der Waals surface area (Å²) in [6.45, 7) is 0. The lowest BCUT2D eigenvalue weighted by Crippen LogP contribution is -2.29. The molecular formula is C16H17ClN2O2. The molecule has 1 saturated carbocycles. The third-order valence-corrected chi connectivity index (χ3v) is 4.32. The van der Waals surface area contributed by atoms with Gasteiger partial charge in [-0.25, -0.2) is 4.98 Å². The molecule has 0 saturated heterocycles. The molecule has 1 aliphatic carbocycles. The van der Waals surface area contributed by atoms with Gasteiger partial charge in [0, 0.05) is 16.5 Å². The summed E-state index contributed by atoms with van der Waals surface area (Å²) >= 11 is 5.99. The number of hydrogen-bond acceptors (Lipinski definition) is 3. The number of nitrogens with one attached hydrogen (secondary N) is 1. The van der Waals surface area contributed by atoms with Crippen molar-refractivity contribution in [3.63, 3.8) is 0 Å². The topological polar surface area (TPSA) is 62.2 Å². The number of halogens is 1. The molecule has 21 heavy (non-hydrogen) atoms. The van der Waals surface area contributed by atoms with Gasteiger partial charge in [0.25, 0.3) is 0 Å². The average Bonchev–Trinajstić information content (AvgIpc) is 2.47. The fraction of sp³-hybridized carbons (Fsp3) is 0.375. The highest BCUT2D eigenvalue weighted by Gasteiger charge is 2.25. The van der Waals surface area contributed by atoms with Crippen LogP contribution in [-0.2, 0) is 4.79 Å². The van der Waals surface area contributed by atoms with E-state index in [0.29, 0.717) is 11.1 Å². The van der Waals surface area contributed by atoms with Crippen molar-refractivity contribution in [1.82, 2.24) is 4.98 Å². The van der Waals surface area contributed by atoms with E-state index in [4.69, 9.17) is 16.7 Å². The SMILES string of the molecule is O=C(O)C1CCC(Nc2ccc3ccc(Cl)cc3n2)CC1. The molecule has 0 spiro atoms. The molecule has 0 amide bonds. The maximum absolute atomic E-state index is 11.0. The summed E-state index contributed by atoms with van der Waals surface area (Å²) in [5, 5.41) is 14.1. The van der Waals surface area contributed by atoms with Gasteiger partial charge in [-0.2, -0.15) is 0 Å². The van der Waals surface area contributed by atoms with E-state index in [1.165, 1.54) is 0 Å². The van der Waals surface area contributed by atoms with Gasteiger partial charge < -0.3 is 10.4 Å². The number of pyridine rings is 1. The number of nitrogens with zero attached hydrogens (tertiary/aromatic N) is 1. The van der Waals surface area contributed by atoms with E-state index in [-0.39, 0.29) is 5.92 Å². The molecule has 0 radical (unpaired) electrons. The Kier molecular flexibility index (Phi) is 3.97. The summed E-state index contributed by atoms with van der Waals surface area (Å²) in [6, 6.07) is 9.93. The fourth-order valence-electron chi connectivity index (χ4n) is 2.86. The van der Waals surface area contributed by atoms with Crippen molar-refractivity contribution in [3.8, 4) is 0 Å². The monoisotopic (exact) mass is 304 g/mol. The lowest BCUT2D eigenvalue weighted by atomic mass is 9.86. The van der Waals surface area contributed by atoms with Gasteiger partial charge in [-0.15, -0.1) is 0 Å². The Morgan fingerprint density at radius 1 is 1.19 bits per heavy atom. The van der Waals surface area contributed by atoms with Crippen molar-refractivity contribution >= 4 is 34.3 Å². The van der Waals surface area contributed by atoms with Gasteiger partial charge in [0.2, 0.25) is 0 Å². The molecule has 1 fully saturated rings. The van der Waals surface area contributed by atoms with Crippen LogP contribution in [0.4, 0.5) is 5.82 Å². The Bertz CT molecular complexity index is 666. The highest BCUT2D eigenvalue weighted by atomic mass is 35.5. The molecule has 0 aliphatic heterocycles. The van der Waals surface area contributed by atoms with E-state index in [0.717, 1.165) is 42.4 Å². The first-order valence-electron chi connectivity index (χ1n) is 7.17. The lowest BCUT2D eigenvalue weighted by Gasteiger charge is -2.27. The van der Waals surface area contributed by atoms with Gasteiger partial charge in [0.1, 0.15) is 5.82 Å². The Hall–Kier alpha value is -1.81. The Morgan fingerprint density at radius 3 is 2.62 bits per heavy atom. The van der Waals surface area contributed by atoms with Crippen LogP contribution in [0.1, 0.15) is 25.7 Å². The molecule has 0 bridgehead atoms. The van der Waals surface area contributed by atoms with Crippen LogP contribution in [0, 0.1) is 5.92 Å². The first kappa shape index (κ1) is 14.1. The maximum Gasteiger partial charge on any atom is 0.306 e. The van der Waals surface area contributed by atoms with Crippen LogP contribution in [0.3, 0.4) is 0 Å². The first-order chi connectivity index (χ1) is 10.1. The van der Waals surface area contributed by atoms with Crippen molar-refractivity contribution in [3.05, 3.63) is 35.4 Å². The van der Waals surface area contributed by atoms with E-state index in [9.17, 15) is 4.79 Å². The number of rotatable bonds is 3. The number of anilines is 1. The zero-order valence-electron chi connectivity index (χ0n) is 11.6. The molecule has 0 unspecified atom stereocenters. The third-order valence-electron chi connectivity index (χ3n) is 4.08. The second-order valence-corrected chi connectivity index (χ2v) is 6.00. The molecule has 3 rings (SSSR count). The summed E-state index contributed by atoms with van der Waals surface area (Å²) in [5.74, 6) is -0.0399. The van der Waals surface area contributed by atoms with Crippen LogP contribution < -0.4 is 5.32 Å². The largest absolute Gasteiger partial charge is 0.481 e. The third kappa shape index (κ3) is 3.27. The fourth-order valence-corrected chi connectivity index (χ4v) is 3.03. The van der Waals surface area contributed by atoms with Crippen LogP contribution in [-0.4, -0.2) is 22.1 Å². The molecule has 1 aromatic heterocycles. The van der Waals surface area contributed by atoms with E-state index in [1.807, 2.05) is 30.3 Å². The number of carbonyl (C=O) groups is 1. The van der Waals surface area contributed by atoms with E-state index in [1.54, 1.807) is 0 Å². The molecule has 1 aliphatic rings. The Morgan fingerprint density at radius 2 is 1.90 bits per heavy atom. The second kappa shape index (κ2) is 5.90. The summed E-state index contributed by atoms with van der Waals surface area (Å²) in [5.41, 5.74) is 0.867. The molecule has 4 nitrogen and oxygen atoms in total. The Balaban J connectivity index is 1.69.